The molecule has 3 nitrogen and oxygen atoms in total. The Balaban J connectivity index is 2.17. The van der Waals surface area contributed by atoms with Crippen molar-refractivity contribution in [3.8, 4) is 11.5 Å². The Labute approximate surface area is 122 Å². The molecule has 2 aromatic carbocycles. The van der Waals surface area contributed by atoms with Crippen LogP contribution in [0.4, 0.5) is 14.5 Å². The first-order valence-corrected chi connectivity index (χ1v) is 6.66. The fourth-order valence-electron chi connectivity index (χ4n) is 1.95. The maximum Gasteiger partial charge on any atom is 0.162 e. The largest absolute Gasteiger partial charge is 0.504 e. The quantitative estimate of drug-likeness (QED) is 0.876. The number of aromatic hydroxyl groups is 1. The predicted octanol–water partition coefficient (Wildman–Crippen LogP) is 3.99. The van der Waals surface area contributed by atoms with Gasteiger partial charge in [-0.15, -0.1) is 0 Å². The van der Waals surface area contributed by atoms with Crippen LogP contribution in [0.15, 0.2) is 30.3 Å². The van der Waals surface area contributed by atoms with Crippen LogP contribution in [0.3, 0.4) is 0 Å². The van der Waals surface area contributed by atoms with Gasteiger partial charge in [-0.25, -0.2) is 8.78 Å². The molecule has 0 spiro atoms. The lowest BCUT2D eigenvalue weighted by atomic mass is 10.1. The molecule has 0 aliphatic heterocycles. The minimum Gasteiger partial charge on any atom is -0.504 e. The maximum absolute atomic E-state index is 13.7. The SMILES string of the molecule is CCOc1cccc(CNc2cc(F)c(C)cc2F)c1O. The summed E-state index contributed by atoms with van der Waals surface area (Å²) in [7, 11) is 0. The summed E-state index contributed by atoms with van der Waals surface area (Å²) in [5.41, 5.74) is 0.847. The van der Waals surface area contributed by atoms with Gasteiger partial charge in [0, 0.05) is 18.2 Å². The van der Waals surface area contributed by atoms with Crippen LogP contribution in [0.2, 0.25) is 0 Å². The van der Waals surface area contributed by atoms with E-state index < -0.39 is 11.6 Å². The summed E-state index contributed by atoms with van der Waals surface area (Å²) in [5.74, 6) is -0.646. The van der Waals surface area contributed by atoms with Crippen molar-refractivity contribution in [2.45, 2.75) is 20.4 Å². The van der Waals surface area contributed by atoms with Crippen molar-refractivity contribution in [1.82, 2.24) is 0 Å². The molecular formula is C16H17F2NO2. The molecule has 21 heavy (non-hydrogen) atoms. The summed E-state index contributed by atoms with van der Waals surface area (Å²) in [6.07, 6.45) is 0. The molecule has 0 fully saturated rings. The first-order chi connectivity index (χ1) is 10.0. The average Bonchev–Trinajstić information content (AvgIpc) is 2.45. The van der Waals surface area contributed by atoms with Gasteiger partial charge in [-0.05, 0) is 31.5 Å². The van der Waals surface area contributed by atoms with E-state index in [1.807, 2.05) is 6.92 Å². The molecule has 0 atom stereocenters. The Morgan fingerprint density at radius 1 is 1.19 bits per heavy atom. The van der Waals surface area contributed by atoms with Crippen molar-refractivity contribution in [2.75, 3.05) is 11.9 Å². The first kappa shape index (κ1) is 15.1. The summed E-state index contributed by atoms with van der Waals surface area (Å²) in [5, 5.41) is 12.8. The van der Waals surface area contributed by atoms with Crippen LogP contribution >= 0.6 is 0 Å². The van der Waals surface area contributed by atoms with E-state index >= 15 is 0 Å². The monoisotopic (exact) mass is 293 g/mol. The zero-order valence-electron chi connectivity index (χ0n) is 11.9. The van der Waals surface area contributed by atoms with E-state index in [0.717, 1.165) is 12.1 Å². The molecule has 0 aliphatic carbocycles. The number of nitrogens with one attached hydrogen (secondary N) is 1. The van der Waals surface area contributed by atoms with Gasteiger partial charge in [0.25, 0.3) is 0 Å². The van der Waals surface area contributed by atoms with Crippen LogP contribution in [0.1, 0.15) is 18.1 Å². The van der Waals surface area contributed by atoms with Crippen LogP contribution in [0.25, 0.3) is 0 Å². The standard InChI is InChI=1S/C16H17F2NO2/c1-3-21-15-6-4-5-11(16(15)20)9-19-14-8-12(17)10(2)7-13(14)18/h4-8,19-20H,3,9H2,1-2H3. The smallest absolute Gasteiger partial charge is 0.162 e. The number of halogens is 2. The number of rotatable bonds is 5. The topological polar surface area (TPSA) is 41.5 Å². The molecule has 0 saturated carbocycles. The second kappa shape index (κ2) is 6.43. The van der Waals surface area contributed by atoms with Gasteiger partial charge in [-0.3, -0.25) is 0 Å². The molecule has 0 amide bonds. The number of ether oxygens (including phenoxy) is 1. The Morgan fingerprint density at radius 3 is 2.67 bits per heavy atom. The second-order valence-electron chi connectivity index (χ2n) is 4.63. The highest BCUT2D eigenvalue weighted by Gasteiger charge is 2.10. The van der Waals surface area contributed by atoms with E-state index in [1.165, 1.54) is 6.92 Å². The molecule has 112 valence electrons. The Hall–Kier alpha value is -2.30. The minimum absolute atomic E-state index is 0.000146. The molecule has 0 heterocycles. The predicted molar refractivity (Wildman–Crippen MR) is 77.7 cm³/mol. The molecule has 2 N–H and O–H groups in total. The lowest BCUT2D eigenvalue weighted by Crippen LogP contribution is -2.04. The molecule has 2 rings (SSSR count). The third kappa shape index (κ3) is 3.42. The third-order valence-corrected chi connectivity index (χ3v) is 3.10. The summed E-state index contributed by atoms with van der Waals surface area (Å²) < 4.78 is 32.4. The van der Waals surface area contributed by atoms with E-state index in [-0.39, 0.29) is 23.5 Å². The van der Waals surface area contributed by atoms with E-state index in [4.69, 9.17) is 4.74 Å². The number of hydrogen-bond donors (Lipinski definition) is 2. The van der Waals surface area contributed by atoms with Gasteiger partial charge in [0.05, 0.1) is 12.3 Å². The van der Waals surface area contributed by atoms with Crippen LogP contribution in [-0.2, 0) is 6.54 Å². The van der Waals surface area contributed by atoms with Gasteiger partial charge in [0.15, 0.2) is 11.5 Å². The third-order valence-electron chi connectivity index (χ3n) is 3.10. The average molecular weight is 293 g/mol. The number of hydrogen-bond acceptors (Lipinski definition) is 3. The fourth-order valence-corrected chi connectivity index (χ4v) is 1.95. The Morgan fingerprint density at radius 2 is 1.95 bits per heavy atom. The van der Waals surface area contributed by atoms with Crippen molar-refractivity contribution in [3.63, 3.8) is 0 Å². The van der Waals surface area contributed by atoms with Gasteiger partial charge in [0.1, 0.15) is 11.6 Å². The fraction of sp³-hybridized carbons (Fsp3) is 0.250. The molecule has 0 bridgehead atoms. The van der Waals surface area contributed by atoms with Crippen LogP contribution in [0, 0.1) is 18.6 Å². The summed E-state index contributed by atoms with van der Waals surface area (Å²) in [4.78, 5) is 0. The van der Waals surface area contributed by atoms with Crippen LogP contribution in [0.5, 0.6) is 11.5 Å². The Kier molecular flexibility index (Phi) is 4.62. The van der Waals surface area contributed by atoms with Crippen molar-refractivity contribution in [1.29, 1.82) is 0 Å². The zero-order chi connectivity index (χ0) is 15.4. The molecule has 0 aromatic heterocycles. The highest BCUT2D eigenvalue weighted by Crippen LogP contribution is 2.30. The molecule has 0 radical (unpaired) electrons. The van der Waals surface area contributed by atoms with Crippen molar-refractivity contribution in [2.24, 2.45) is 0 Å². The van der Waals surface area contributed by atoms with Gasteiger partial charge < -0.3 is 15.2 Å². The van der Waals surface area contributed by atoms with E-state index in [1.54, 1.807) is 18.2 Å². The first-order valence-electron chi connectivity index (χ1n) is 6.66. The van der Waals surface area contributed by atoms with Gasteiger partial charge >= 0.3 is 0 Å². The van der Waals surface area contributed by atoms with Crippen molar-refractivity contribution in [3.05, 3.63) is 53.1 Å². The molecular weight excluding hydrogens is 276 g/mol. The van der Waals surface area contributed by atoms with E-state index in [0.29, 0.717) is 17.9 Å². The van der Waals surface area contributed by atoms with Gasteiger partial charge in [-0.1, -0.05) is 12.1 Å². The molecule has 5 heteroatoms. The van der Waals surface area contributed by atoms with Gasteiger partial charge in [0.2, 0.25) is 0 Å². The van der Waals surface area contributed by atoms with Crippen molar-refractivity contribution < 1.29 is 18.6 Å². The Bertz CT molecular complexity index is 644. The highest BCUT2D eigenvalue weighted by atomic mass is 19.1. The van der Waals surface area contributed by atoms with E-state index in [2.05, 4.69) is 5.32 Å². The van der Waals surface area contributed by atoms with Crippen LogP contribution in [-0.4, -0.2) is 11.7 Å². The number of phenolic OH excluding ortho intramolecular Hbond substituents is 1. The summed E-state index contributed by atoms with van der Waals surface area (Å²) >= 11 is 0. The molecule has 0 unspecified atom stereocenters. The zero-order valence-corrected chi connectivity index (χ0v) is 11.9. The van der Waals surface area contributed by atoms with Gasteiger partial charge in [-0.2, -0.15) is 0 Å². The number of aryl methyl sites for hydroxylation is 1. The second-order valence-corrected chi connectivity index (χ2v) is 4.63. The minimum atomic E-state index is -0.533. The lowest BCUT2D eigenvalue weighted by molar-refractivity contribution is 0.317. The number of para-hydroxylation sites is 1. The van der Waals surface area contributed by atoms with E-state index in [9.17, 15) is 13.9 Å². The highest BCUT2D eigenvalue weighted by molar-refractivity contribution is 5.50. The lowest BCUT2D eigenvalue weighted by Gasteiger charge is -2.12. The van der Waals surface area contributed by atoms with Crippen molar-refractivity contribution >= 4 is 5.69 Å². The number of phenols is 1. The normalized spacial score (nSPS) is 10.5. The summed E-state index contributed by atoms with van der Waals surface area (Å²) in [6.45, 7) is 3.91. The molecule has 2 aromatic rings. The molecule has 0 saturated heterocycles. The number of anilines is 1. The van der Waals surface area contributed by atoms with Crippen LogP contribution < -0.4 is 10.1 Å². The molecule has 0 aliphatic rings. The summed E-state index contributed by atoms with van der Waals surface area (Å²) in [6, 6.07) is 7.30. The number of benzene rings is 2. The maximum atomic E-state index is 13.7.